The fraction of sp³-hybridized carbons (Fsp3) is 0.186. The van der Waals surface area contributed by atoms with Crippen LogP contribution in [0.4, 0.5) is 11.4 Å². The Labute approximate surface area is 360 Å². The molecule has 2 unspecified atom stereocenters. The molecule has 0 saturated carbocycles. The molecule has 0 fully saturated rings. The molecule has 2 atom stereocenters. The SMILES string of the molecule is CC1=C(c2ccccc2C)C=C(c2ccc(N(c3ccc4c(c3)C(C)(C)C3=C4C=CCC3)C3C=CC=CC3)cc2)CC1c1ccc2c(c1)c1ccccc1n2-c1ccccc1. The summed E-state index contributed by atoms with van der Waals surface area (Å²) in [6.45, 7) is 9.46. The number of benzene rings is 6. The van der Waals surface area contributed by atoms with Crippen molar-refractivity contribution < 1.29 is 0 Å². The van der Waals surface area contributed by atoms with Crippen LogP contribution in [-0.4, -0.2) is 10.6 Å². The number of para-hydroxylation sites is 2. The number of fused-ring (bicyclic) bond motifs is 5. The van der Waals surface area contributed by atoms with E-state index in [9.17, 15) is 0 Å². The Kier molecular flexibility index (Phi) is 9.08. The molecule has 298 valence electrons. The molecule has 0 N–H and O–H groups in total. The van der Waals surface area contributed by atoms with Crippen molar-refractivity contribution in [2.75, 3.05) is 4.90 Å². The van der Waals surface area contributed by atoms with E-state index in [4.69, 9.17) is 0 Å². The fourth-order valence-electron chi connectivity index (χ4n) is 11.0. The molecular formula is C59H52N2. The van der Waals surface area contributed by atoms with E-state index in [1.165, 1.54) is 94.5 Å². The second-order valence-corrected chi connectivity index (χ2v) is 18.0. The number of nitrogens with zero attached hydrogens (tertiary/aromatic N) is 2. The summed E-state index contributed by atoms with van der Waals surface area (Å²) >= 11 is 0. The molecule has 2 heteroatoms. The molecule has 0 spiro atoms. The number of hydrogen-bond acceptors (Lipinski definition) is 1. The molecule has 4 aliphatic carbocycles. The lowest BCUT2D eigenvalue weighted by atomic mass is 9.75. The second kappa shape index (κ2) is 14.8. The van der Waals surface area contributed by atoms with Crippen molar-refractivity contribution in [3.8, 4) is 5.69 Å². The topological polar surface area (TPSA) is 8.17 Å². The van der Waals surface area contributed by atoms with Gasteiger partial charge in [-0.15, -0.1) is 0 Å². The summed E-state index contributed by atoms with van der Waals surface area (Å²) in [7, 11) is 0. The number of aromatic nitrogens is 1. The van der Waals surface area contributed by atoms with Crippen molar-refractivity contribution in [1.82, 2.24) is 4.57 Å². The number of hydrogen-bond donors (Lipinski definition) is 0. The van der Waals surface area contributed by atoms with Crippen LogP contribution in [0.3, 0.4) is 0 Å². The van der Waals surface area contributed by atoms with Gasteiger partial charge in [-0.3, -0.25) is 0 Å². The molecule has 11 rings (SSSR count). The maximum absolute atomic E-state index is 2.56. The van der Waals surface area contributed by atoms with Crippen LogP contribution in [0.2, 0.25) is 0 Å². The number of aryl methyl sites for hydroxylation is 1. The highest BCUT2D eigenvalue weighted by molar-refractivity contribution is 6.09. The summed E-state index contributed by atoms with van der Waals surface area (Å²) < 4.78 is 2.41. The third-order valence-corrected chi connectivity index (χ3v) is 14.2. The van der Waals surface area contributed by atoms with Gasteiger partial charge in [0.15, 0.2) is 0 Å². The first kappa shape index (κ1) is 37.4. The van der Waals surface area contributed by atoms with Crippen molar-refractivity contribution in [3.05, 3.63) is 227 Å². The smallest absolute Gasteiger partial charge is 0.0559 e. The Balaban J connectivity index is 0.990. The average molecular weight is 789 g/mol. The minimum Gasteiger partial charge on any atom is -0.334 e. The lowest BCUT2D eigenvalue weighted by molar-refractivity contribution is 0.607. The molecule has 1 heterocycles. The first-order valence-electron chi connectivity index (χ1n) is 22.2. The Morgan fingerprint density at radius 2 is 1.43 bits per heavy atom. The minimum absolute atomic E-state index is 0.0250. The zero-order chi connectivity index (χ0) is 41.2. The molecule has 0 saturated heterocycles. The van der Waals surface area contributed by atoms with E-state index in [1.807, 2.05) is 0 Å². The van der Waals surface area contributed by atoms with E-state index in [0.717, 1.165) is 25.7 Å². The monoisotopic (exact) mass is 788 g/mol. The summed E-state index contributed by atoms with van der Waals surface area (Å²) in [6.07, 6.45) is 20.5. The zero-order valence-corrected chi connectivity index (χ0v) is 35.7. The number of anilines is 2. The molecule has 0 aliphatic heterocycles. The molecule has 61 heavy (non-hydrogen) atoms. The lowest BCUT2D eigenvalue weighted by Gasteiger charge is -2.34. The van der Waals surface area contributed by atoms with Crippen molar-refractivity contribution in [2.24, 2.45) is 0 Å². The summed E-state index contributed by atoms with van der Waals surface area (Å²) in [6, 6.07) is 52.7. The van der Waals surface area contributed by atoms with Gasteiger partial charge in [0, 0.05) is 39.2 Å². The number of rotatable bonds is 7. The van der Waals surface area contributed by atoms with Crippen LogP contribution in [0, 0.1) is 6.92 Å². The van der Waals surface area contributed by atoms with E-state index < -0.39 is 0 Å². The largest absolute Gasteiger partial charge is 0.334 e. The Hall–Kier alpha value is -6.64. The van der Waals surface area contributed by atoms with E-state index >= 15 is 0 Å². The molecule has 1 aromatic heterocycles. The van der Waals surface area contributed by atoms with Crippen molar-refractivity contribution in [1.29, 1.82) is 0 Å². The van der Waals surface area contributed by atoms with E-state index in [1.54, 1.807) is 5.57 Å². The zero-order valence-electron chi connectivity index (χ0n) is 35.7. The molecule has 0 bridgehead atoms. The van der Waals surface area contributed by atoms with Gasteiger partial charge in [0.1, 0.15) is 0 Å². The predicted molar refractivity (Wildman–Crippen MR) is 260 cm³/mol. The average Bonchev–Trinajstić information content (AvgIpc) is 3.75. The van der Waals surface area contributed by atoms with Crippen LogP contribution in [0.5, 0.6) is 0 Å². The molecular weight excluding hydrogens is 737 g/mol. The quantitative estimate of drug-likeness (QED) is 0.156. The van der Waals surface area contributed by atoms with Crippen LogP contribution in [-0.2, 0) is 5.41 Å². The van der Waals surface area contributed by atoms with Crippen molar-refractivity contribution in [3.63, 3.8) is 0 Å². The summed E-state index contributed by atoms with van der Waals surface area (Å²) in [5.74, 6) is 0.234. The maximum Gasteiger partial charge on any atom is 0.0559 e. The summed E-state index contributed by atoms with van der Waals surface area (Å²) in [5, 5.41) is 2.59. The predicted octanol–water partition coefficient (Wildman–Crippen LogP) is 15.6. The van der Waals surface area contributed by atoms with Crippen molar-refractivity contribution >= 4 is 49.9 Å². The van der Waals surface area contributed by atoms with Crippen LogP contribution in [0.25, 0.3) is 44.2 Å². The molecule has 6 aromatic carbocycles. The third kappa shape index (κ3) is 6.23. The fourth-order valence-corrected chi connectivity index (χ4v) is 11.0. The van der Waals surface area contributed by atoms with Crippen molar-refractivity contribution in [2.45, 2.75) is 70.8 Å². The summed E-state index contributed by atoms with van der Waals surface area (Å²) in [4.78, 5) is 2.56. The first-order valence-corrected chi connectivity index (χ1v) is 22.2. The van der Waals surface area contributed by atoms with Crippen LogP contribution < -0.4 is 4.90 Å². The van der Waals surface area contributed by atoms with E-state index in [0.29, 0.717) is 0 Å². The molecule has 4 aliphatic rings. The standard InChI is InChI=1S/C59H52N2/c1-39-17-11-12-22-48(39)53-37-43(36-52(40(53)2)42-29-34-58-54(35-42)51-24-14-16-26-57(51)61(58)45-20-9-6-10-21-45)41-27-30-46(31-28-41)60(44-18-7-5-8-19-44)47-32-33-50-49-23-13-15-25-55(49)59(3,4)56(50)38-47/h5-14,16-18,20-24,26-35,37-38,44,52H,15,19,25,36H2,1-4H3. The highest BCUT2D eigenvalue weighted by Gasteiger charge is 2.38. The maximum atomic E-state index is 2.56. The van der Waals surface area contributed by atoms with E-state index in [-0.39, 0.29) is 17.4 Å². The molecule has 0 radical (unpaired) electrons. The number of allylic oxidation sites excluding steroid dienone is 10. The summed E-state index contributed by atoms with van der Waals surface area (Å²) in [5.41, 5.74) is 21.5. The van der Waals surface area contributed by atoms with Gasteiger partial charge >= 0.3 is 0 Å². The Morgan fingerprint density at radius 3 is 2.25 bits per heavy atom. The Morgan fingerprint density at radius 1 is 0.656 bits per heavy atom. The van der Waals surface area contributed by atoms with Crippen LogP contribution >= 0.6 is 0 Å². The molecule has 2 nitrogen and oxygen atoms in total. The van der Waals surface area contributed by atoms with Crippen LogP contribution in [0.15, 0.2) is 193 Å². The Bertz CT molecular complexity index is 3070. The highest BCUT2D eigenvalue weighted by Crippen LogP contribution is 2.52. The lowest BCUT2D eigenvalue weighted by Crippen LogP contribution is -2.30. The van der Waals surface area contributed by atoms with Gasteiger partial charge in [0.25, 0.3) is 0 Å². The van der Waals surface area contributed by atoms with Gasteiger partial charge in [0.2, 0.25) is 0 Å². The van der Waals surface area contributed by atoms with Crippen LogP contribution in [0.1, 0.15) is 85.8 Å². The van der Waals surface area contributed by atoms with Gasteiger partial charge in [-0.2, -0.15) is 0 Å². The third-order valence-electron chi connectivity index (χ3n) is 14.2. The second-order valence-electron chi connectivity index (χ2n) is 18.0. The van der Waals surface area contributed by atoms with Gasteiger partial charge < -0.3 is 9.47 Å². The minimum atomic E-state index is 0.0250. The van der Waals surface area contributed by atoms with Gasteiger partial charge in [-0.05, 0) is 144 Å². The highest BCUT2D eigenvalue weighted by atomic mass is 15.2. The molecule has 7 aromatic rings. The normalized spacial score (nSPS) is 19.1. The molecule has 0 amide bonds. The van der Waals surface area contributed by atoms with E-state index in [2.05, 4.69) is 219 Å². The van der Waals surface area contributed by atoms with Gasteiger partial charge in [-0.25, -0.2) is 0 Å². The first-order chi connectivity index (χ1) is 29.8. The van der Waals surface area contributed by atoms with Gasteiger partial charge in [-0.1, -0.05) is 152 Å². The van der Waals surface area contributed by atoms with Gasteiger partial charge in [0.05, 0.1) is 17.1 Å².